The smallest absolute Gasteiger partial charge is 0.215 e. The summed E-state index contributed by atoms with van der Waals surface area (Å²) < 4.78 is 50.1. The fourth-order valence-corrected chi connectivity index (χ4v) is 4.43. The van der Waals surface area contributed by atoms with E-state index in [1.165, 1.54) is 43.1 Å². The first kappa shape index (κ1) is 28.2. The van der Waals surface area contributed by atoms with Gasteiger partial charge in [-0.3, -0.25) is 4.79 Å². The Morgan fingerprint density at radius 3 is 2.40 bits per heavy atom. The number of halogens is 3. The van der Waals surface area contributed by atoms with Crippen molar-refractivity contribution in [3.63, 3.8) is 0 Å². The molecule has 35 heavy (non-hydrogen) atoms. The van der Waals surface area contributed by atoms with Crippen molar-refractivity contribution in [2.24, 2.45) is 0 Å². The van der Waals surface area contributed by atoms with Crippen LogP contribution in [-0.2, 0) is 9.53 Å². The van der Waals surface area contributed by atoms with Crippen LogP contribution in [0.4, 0.5) is 18.9 Å². The number of rotatable bonds is 10. The average Bonchev–Trinajstić information content (AvgIpc) is 3.64. The van der Waals surface area contributed by atoms with E-state index in [0.29, 0.717) is 23.7 Å². The van der Waals surface area contributed by atoms with Gasteiger partial charge in [-0.1, -0.05) is 26.0 Å². The predicted octanol–water partition coefficient (Wildman–Crippen LogP) is 6.45. The number of carbonyl (C=O) groups is 1. The number of ether oxygens (including phenoxy) is 1. The monoisotopic (exact) mass is 507 g/mol. The molecule has 2 aromatic carbocycles. The maximum atomic E-state index is 14.5. The Kier molecular flexibility index (Phi) is 10.6. The van der Waals surface area contributed by atoms with Crippen LogP contribution >= 0.6 is 11.9 Å². The van der Waals surface area contributed by atoms with E-state index in [0.717, 1.165) is 23.6 Å². The van der Waals surface area contributed by atoms with Gasteiger partial charge in [0.2, 0.25) is 6.41 Å². The highest BCUT2D eigenvalue weighted by Crippen LogP contribution is 2.49. The normalized spacial score (nSPS) is 17.5. The SMILES string of the molecule is C/C=C(OC)\C(NSC1CC1c1ccc(F)c(F)c1)=C(\Nc1ccc(C)cc1F)N(C)C=O.CC. The Morgan fingerprint density at radius 1 is 1.11 bits per heavy atom. The van der Waals surface area contributed by atoms with E-state index in [2.05, 4.69) is 10.0 Å². The van der Waals surface area contributed by atoms with Gasteiger partial charge in [0.05, 0.1) is 12.8 Å². The lowest BCUT2D eigenvalue weighted by Crippen LogP contribution is -2.28. The molecule has 1 fully saturated rings. The van der Waals surface area contributed by atoms with Gasteiger partial charge in [-0.25, -0.2) is 13.2 Å². The van der Waals surface area contributed by atoms with Crippen LogP contribution in [0, 0.1) is 24.4 Å². The predicted molar refractivity (Wildman–Crippen MR) is 136 cm³/mol. The van der Waals surface area contributed by atoms with Crippen LogP contribution in [0.3, 0.4) is 0 Å². The molecular formula is C26H32F3N3O2S. The van der Waals surface area contributed by atoms with Crippen LogP contribution in [0.25, 0.3) is 0 Å². The van der Waals surface area contributed by atoms with E-state index < -0.39 is 17.5 Å². The number of nitrogens with one attached hydrogen (secondary N) is 2. The molecule has 0 heterocycles. The fraction of sp³-hybridized carbons (Fsp3) is 0.346. The van der Waals surface area contributed by atoms with Gasteiger partial charge in [-0.15, -0.1) is 0 Å². The van der Waals surface area contributed by atoms with Gasteiger partial charge in [-0.05, 0) is 79.6 Å². The molecule has 0 aliphatic heterocycles. The topological polar surface area (TPSA) is 53.6 Å². The average molecular weight is 508 g/mol. The highest BCUT2D eigenvalue weighted by molar-refractivity contribution is 7.98. The molecule has 0 spiro atoms. The minimum Gasteiger partial charge on any atom is -0.495 e. The first-order valence-corrected chi connectivity index (χ1v) is 12.2. The molecule has 1 aliphatic carbocycles. The molecule has 190 valence electrons. The second kappa shape index (κ2) is 13.1. The molecule has 0 saturated heterocycles. The van der Waals surface area contributed by atoms with E-state index in [4.69, 9.17) is 4.74 Å². The van der Waals surface area contributed by atoms with Crippen LogP contribution in [0.15, 0.2) is 59.8 Å². The van der Waals surface area contributed by atoms with Crippen LogP contribution in [0.2, 0.25) is 0 Å². The van der Waals surface area contributed by atoms with Gasteiger partial charge in [0.1, 0.15) is 23.1 Å². The molecule has 1 aliphatic rings. The number of carbonyl (C=O) groups excluding carboxylic acids is 1. The van der Waals surface area contributed by atoms with Crippen LogP contribution in [-0.4, -0.2) is 30.7 Å². The van der Waals surface area contributed by atoms with Gasteiger partial charge in [-0.2, -0.15) is 0 Å². The quantitative estimate of drug-likeness (QED) is 0.168. The lowest BCUT2D eigenvalue weighted by atomic mass is 10.1. The summed E-state index contributed by atoms with van der Waals surface area (Å²) in [5, 5.41) is 3.08. The van der Waals surface area contributed by atoms with Gasteiger partial charge in [0.25, 0.3) is 0 Å². The lowest BCUT2D eigenvalue weighted by molar-refractivity contribution is -0.115. The number of amides is 1. The zero-order valence-electron chi connectivity index (χ0n) is 20.8. The largest absolute Gasteiger partial charge is 0.495 e. The number of aryl methyl sites for hydroxylation is 1. The number of nitrogens with zero attached hydrogens (tertiary/aromatic N) is 1. The maximum Gasteiger partial charge on any atom is 0.215 e. The van der Waals surface area contributed by atoms with E-state index in [1.54, 1.807) is 38.1 Å². The summed E-state index contributed by atoms with van der Waals surface area (Å²) in [5.74, 6) is -1.41. The molecule has 2 unspecified atom stereocenters. The zero-order valence-corrected chi connectivity index (χ0v) is 21.6. The minimum atomic E-state index is -0.874. The number of hydrogen-bond acceptors (Lipinski definition) is 5. The summed E-state index contributed by atoms with van der Waals surface area (Å²) in [4.78, 5) is 12.9. The maximum absolute atomic E-state index is 14.5. The number of anilines is 1. The van der Waals surface area contributed by atoms with Crippen molar-refractivity contribution in [3.05, 3.63) is 88.3 Å². The minimum absolute atomic E-state index is 0.0604. The first-order valence-electron chi connectivity index (χ1n) is 11.3. The Bertz CT molecular complexity index is 1090. The summed E-state index contributed by atoms with van der Waals surface area (Å²) in [7, 11) is 3.03. The van der Waals surface area contributed by atoms with Crippen molar-refractivity contribution in [3.8, 4) is 0 Å². The summed E-state index contributed by atoms with van der Waals surface area (Å²) in [5.41, 5.74) is 2.13. The third-order valence-electron chi connectivity index (χ3n) is 5.27. The molecule has 0 bridgehead atoms. The van der Waals surface area contributed by atoms with Crippen molar-refractivity contribution in [1.29, 1.82) is 0 Å². The van der Waals surface area contributed by atoms with Gasteiger partial charge < -0.3 is 19.7 Å². The molecule has 2 N–H and O–H groups in total. The van der Waals surface area contributed by atoms with E-state index in [1.807, 2.05) is 13.8 Å². The lowest BCUT2D eigenvalue weighted by Gasteiger charge is -2.24. The molecule has 2 atom stereocenters. The van der Waals surface area contributed by atoms with E-state index in [-0.39, 0.29) is 16.9 Å². The highest BCUT2D eigenvalue weighted by atomic mass is 32.2. The van der Waals surface area contributed by atoms with Crippen LogP contribution < -0.4 is 10.0 Å². The van der Waals surface area contributed by atoms with Crippen molar-refractivity contribution in [1.82, 2.24) is 9.62 Å². The van der Waals surface area contributed by atoms with Gasteiger partial charge >= 0.3 is 0 Å². The summed E-state index contributed by atoms with van der Waals surface area (Å²) in [6, 6.07) is 8.68. The number of benzene rings is 2. The van der Waals surface area contributed by atoms with E-state index >= 15 is 0 Å². The Balaban J connectivity index is 0.00000210. The molecule has 5 nitrogen and oxygen atoms in total. The van der Waals surface area contributed by atoms with Crippen molar-refractivity contribution in [2.45, 2.75) is 45.3 Å². The third-order valence-corrected chi connectivity index (χ3v) is 6.42. The summed E-state index contributed by atoms with van der Waals surface area (Å²) in [6.45, 7) is 7.56. The number of methoxy groups -OCH3 is 1. The molecule has 9 heteroatoms. The molecule has 1 amide bonds. The molecular weight excluding hydrogens is 475 g/mol. The Hall–Kier alpha value is -3.07. The second-order valence-electron chi connectivity index (χ2n) is 7.68. The Morgan fingerprint density at radius 2 is 1.83 bits per heavy atom. The van der Waals surface area contributed by atoms with Crippen molar-refractivity contribution in [2.75, 3.05) is 19.5 Å². The summed E-state index contributed by atoms with van der Waals surface area (Å²) >= 11 is 1.37. The molecule has 2 aromatic rings. The third kappa shape index (κ3) is 7.21. The molecule has 0 radical (unpaired) electrons. The second-order valence-corrected chi connectivity index (χ2v) is 8.72. The zero-order chi connectivity index (χ0) is 26.1. The standard InChI is InChI=1S/C24H26F3N3O2S.C2H6/c1-5-21(32-4)23(24(30(3)13-31)28-20-9-6-14(2)10-19(20)27)29-33-22-12-16(22)15-7-8-17(25)18(26)11-15;1-2/h5-11,13,16,22,28-29H,12H2,1-4H3;1-2H3/b21-5+,24-23+;. The first-order chi connectivity index (χ1) is 16.8. The van der Waals surface area contributed by atoms with Crippen molar-refractivity contribution < 1.29 is 22.7 Å². The molecule has 0 aromatic heterocycles. The van der Waals surface area contributed by atoms with E-state index in [9.17, 15) is 18.0 Å². The van der Waals surface area contributed by atoms with Crippen LogP contribution in [0.1, 0.15) is 44.2 Å². The van der Waals surface area contributed by atoms with Crippen LogP contribution in [0.5, 0.6) is 0 Å². The molecule has 3 rings (SSSR count). The Labute approximate surface area is 209 Å². The molecule has 1 saturated carbocycles. The summed E-state index contributed by atoms with van der Waals surface area (Å²) in [6.07, 6.45) is 3.09. The number of allylic oxidation sites excluding steroid dienone is 1. The number of hydrogen-bond donors (Lipinski definition) is 2. The highest BCUT2D eigenvalue weighted by Gasteiger charge is 2.40. The van der Waals surface area contributed by atoms with Gasteiger partial charge in [0.15, 0.2) is 11.6 Å². The fourth-order valence-electron chi connectivity index (χ4n) is 3.34. The van der Waals surface area contributed by atoms with Crippen molar-refractivity contribution >= 4 is 24.0 Å². The van der Waals surface area contributed by atoms with Gasteiger partial charge in [0, 0.05) is 12.3 Å².